The number of aromatic nitrogens is 2. The Hall–Kier alpha value is -7.36. The largest absolute Gasteiger partial charge is 0.310 e. The molecule has 0 unspecified atom stereocenters. The van der Waals surface area contributed by atoms with Gasteiger partial charge in [0.05, 0.1) is 27.8 Å². The van der Waals surface area contributed by atoms with E-state index in [2.05, 4.69) is 229 Å². The first-order chi connectivity index (χ1) is 28.9. The molecule has 0 bridgehead atoms. The Bertz CT molecular complexity index is 3430. The van der Waals surface area contributed by atoms with Gasteiger partial charge in [-0.05, 0) is 117 Å². The van der Waals surface area contributed by atoms with E-state index in [1.54, 1.807) is 0 Å². The third-order valence-electron chi connectivity index (χ3n) is 12.5. The van der Waals surface area contributed by atoms with Crippen LogP contribution in [0.15, 0.2) is 194 Å². The van der Waals surface area contributed by atoms with Crippen molar-refractivity contribution in [1.82, 2.24) is 9.13 Å². The number of rotatable bonds is 5. The van der Waals surface area contributed by atoms with E-state index < -0.39 is 0 Å². The summed E-state index contributed by atoms with van der Waals surface area (Å²) < 4.78 is 4.79. The molecular formula is C56H41N3. The van der Waals surface area contributed by atoms with E-state index in [4.69, 9.17) is 0 Å². The van der Waals surface area contributed by atoms with Crippen molar-refractivity contribution in [3.05, 3.63) is 200 Å². The van der Waals surface area contributed by atoms with Gasteiger partial charge in [-0.15, -0.1) is 0 Å². The zero-order valence-corrected chi connectivity index (χ0v) is 33.3. The second kappa shape index (κ2) is 12.6. The Morgan fingerprint density at radius 1 is 0.356 bits per heavy atom. The summed E-state index contributed by atoms with van der Waals surface area (Å²) in [4.78, 5) is 2.50. The molecule has 0 aliphatic carbocycles. The lowest BCUT2D eigenvalue weighted by Gasteiger charge is -2.29. The third-order valence-corrected chi connectivity index (χ3v) is 12.5. The predicted octanol–water partition coefficient (Wildman–Crippen LogP) is 15.5. The lowest BCUT2D eigenvalue weighted by Crippen LogP contribution is -2.12. The summed E-state index contributed by atoms with van der Waals surface area (Å²) in [6.45, 7) is 6.96. The molecule has 2 aromatic heterocycles. The lowest BCUT2D eigenvalue weighted by molar-refractivity contribution is 0.596. The van der Waals surface area contributed by atoms with E-state index in [1.165, 1.54) is 81.5 Å². The summed E-state index contributed by atoms with van der Waals surface area (Å²) in [6.07, 6.45) is 0. The van der Waals surface area contributed by atoms with E-state index in [-0.39, 0.29) is 5.41 Å². The minimum Gasteiger partial charge on any atom is -0.310 e. The number of para-hydroxylation sites is 4. The monoisotopic (exact) mass is 755 g/mol. The molecule has 0 fully saturated rings. The molecule has 0 aliphatic heterocycles. The van der Waals surface area contributed by atoms with Gasteiger partial charge in [0.1, 0.15) is 0 Å². The predicted molar refractivity (Wildman–Crippen MR) is 252 cm³/mol. The van der Waals surface area contributed by atoms with Crippen LogP contribution in [-0.4, -0.2) is 9.13 Å². The van der Waals surface area contributed by atoms with Gasteiger partial charge in [-0.25, -0.2) is 0 Å². The second-order valence-corrected chi connectivity index (χ2v) is 17.0. The maximum absolute atomic E-state index is 2.50. The van der Waals surface area contributed by atoms with Crippen molar-refractivity contribution in [3.8, 4) is 11.4 Å². The van der Waals surface area contributed by atoms with E-state index in [9.17, 15) is 0 Å². The van der Waals surface area contributed by atoms with Gasteiger partial charge in [0.25, 0.3) is 0 Å². The molecule has 0 spiro atoms. The molecule has 0 saturated carbocycles. The molecule has 12 aromatic rings. The Kier molecular flexibility index (Phi) is 7.19. The van der Waals surface area contributed by atoms with Crippen molar-refractivity contribution in [3.63, 3.8) is 0 Å². The molecule has 3 heteroatoms. The van der Waals surface area contributed by atoms with Crippen LogP contribution in [-0.2, 0) is 5.41 Å². The standard InChI is InChI=1S/C56H41N3/c1-56(2,3)48-30-24-36-23-29-45-51(31-25-37-22-28-44(48)54(36)55(37)45)57(40-26-32-52-46(34-40)42-18-10-12-20-49(42)58(52)38-14-6-4-7-15-38)41-27-33-53-47(35-41)43-19-11-13-21-50(43)59(53)39-16-8-5-9-17-39/h4-35H,1-3H3. The number of fused-ring (bicyclic) bond motifs is 6. The Morgan fingerprint density at radius 3 is 1.34 bits per heavy atom. The summed E-state index contributed by atoms with van der Waals surface area (Å²) in [7, 11) is 0. The van der Waals surface area contributed by atoms with Crippen molar-refractivity contribution < 1.29 is 0 Å². The summed E-state index contributed by atoms with van der Waals surface area (Å²) in [5, 5.41) is 12.7. The number of hydrogen-bond donors (Lipinski definition) is 0. The average molecular weight is 756 g/mol. The maximum atomic E-state index is 2.50. The van der Waals surface area contributed by atoms with E-state index in [0.717, 1.165) is 28.4 Å². The molecular weight excluding hydrogens is 715 g/mol. The highest BCUT2D eigenvalue weighted by Gasteiger charge is 2.24. The molecule has 12 rings (SSSR count). The lowest BCUT2D eigenvalue weighted by atomic mass is 9.81. The molecule has 59 heavy (non-hydrogen) atoms. The van der Waals surface area contributed by atoms with Crippen molar-refractivity contribution >= 4 is 93.0 Å². The quantitative estimate of drug-likeness (QED) is 0.159. The molecule has 0 amide bonds. The molecule has 10 aromatic carbocycles. The third kappa shape index (κ3) is 5.01. The Balaban J connectivity index is 1.17. The van der Waals surface area contributed by atoms with Crippen LogP contribution in [0.5, 0.6) is 0 Å². The van der Waals surface area contributed by atoms with Gasteiger partial charge in [-0.2, -0.15) is 0 Å². The van der Waals surface area contributed by atoms with Crippen molar-refractivity contribution in [2.24, 2.45) is 0 Å². The zero-order valence-electron chi connectivity index (χ0n) is 33.3. The fraction of sp³-hybridized carbons (Fsp3) is 0.0714. The number of anilines is 3. The van der Waals surface area contributed by atoms with Crippen LogP contribution in [0.25, 0.3) is 87.3 Å². The first-order valence-electron chi connectivity index (χ1n) is 20.6. The maximum Gasteiger partial charge on any atom is 0.0542 e. The minimum atomic E-state index is 0.0137. The van der Waals surface area contributed by atoms with Crippen LogP contribution in [0.2, 0.25) is 0 Å². The SMILES string of the molecule is CC(C)(C)c1ccc2ccc3c(N(c4ccc5c(c4)c4ccccc4n5-c4ccccc4)c4ccc5c(c4)c4ccccc4n5-c4ccccc4)ccc4ccc1c2c43. The number of nitrogens with zero attached hydrogens (tertiary/aromatic N) is 3. The zero-order chi connectivity index (χ0) is 39.4. The number of hydrogen-bond acceptors (Lipinski definition) is 1. The van der Waals surface area contributed by atoms with Crippen LogP contribution in [0, 0.1) is 0 Å². The van der Waals surface area contributed by atoms with Gasteiger partial charge in [0, 0.05) is 49.7 Å². The topological polar surface area (TPSA) is 13.1 Å². The summed E-state index contributed by atoms with van der Waals surface area (Å²) in [5.41, 5.74) is 11.9. The highest BCUT2D eigenvalue weighted by molar-refractivity contribution is 6.26. The van der Waals surface area contributed by atoms with Crippen LogP contribution in [0.1, 0.15) is 26.3 Å². The summed E-state index contributed by atoms with van der Waals surface area (Å²) in [6, 6.07) is 71.8. The van der Waals surface area contributed by atoms with Gasteiger partial charge >= 0.3 is 0 Å². The van der Waals surface area contributed by atoms with Crippen LogP contribution in [0.3, 0.4) is 0 Å². The highest BCUT2D eigenvalue weighted by Crippen LogP contribution is 2.47. The van der Waals surface area contributed by atoms with E-state index in [0.29, 0.717) is 0 Å². The Morgan fingerprint density at radius 2 is 0.797 bits per heavy atom. The molecule has 0 N–H and O–H groups in total. The van der Waals surface area contributed by atoms with Crippen molar-refractivity contribution in [2.75, 3.05) is 4.90 Å². The first-order valence-corrected chi connectivity index (χ1v) is 20.6. The van der Waals surface area contributed by atoms with Crippen LogP contribution in [0.4, 0.5) is 17.1 Å². The van der Waals surface area contributed by atoms with Crippen molar-refractivity contribution in [1.29, 1.82) is 0 Å². The Labute approximate surface area is 342 Å². The fourth-order valence-electron chi connectivity index (χ4n) is 9.97. The van der Waals surface area contributed by atoms with Crippen molar-refractivity contribution in [2.45, 2.75) is 26.2 Å². The van der Waals surface area contributed by atoms with Gasteiger partial charge in [-0.3, -0.25) is 0 Å². The highest BCUT2D eigenvalue weighted by atomic mass is 15.1. The molecule has 0 radical (unpaired) electrons. The van der Waals surface area contributed by atoms with Crippen LogP contribution < -0.4 is 4.90 Å². The van der Waals surface area contributed by atoms with Crippen LogP contribution >= 0.6 is 0 Å². The summed E-state index contributed by atoms with van der Waals surface area (Å²) in [5.74, 6) is 0. The van der Waals surface area contributed by atoms with Gasteiger partial charge in [-0.1, -0.05) is 136 Å². The van der Waals surface area contributed by atoms with Gasteiger partial charge in [0.2, 0.25) is 0 Å². The minimum absolute atomic E-state index is 0.0137. The molecule has 2 heterocycles. The average Bonchev–Trinajstić information content (AvgIpc) is 3.78. The number of benzene rings is 10. The molecule has 0 aliphatic rings. The van der Waals surface area contributed by atoms with Gasteiger partial charge < -0.3 is 14.0 Å². The van der Waals surface area contributed by atoms with E-state index in [1.807, 2.05) is 0 Å². The molecule has 0 saturated heterocycles. The van der Waals surface area contributed by atoms with Gasteiger partial charge in [0.15, 0.2) is 0 Å². The summed E-state index contributed by atoms with van der Waals surface area (Å²) >= 11 is 0. The fourth-order valence-corrected chi connectivity index (χ4v) is 9.97. The normalized spacial score (nSPS) is 12.3. The smallest absolute Gasteiger partial charge is 0.0542 e. The second-order valence-electron chi connectivity index (χ2n) is 17.0. The molecule has 3 nitrogen and oxygen atoms in total. The van der Waals surface area contributed by atoms with E-state index >= 15 is 0 Å². The molecule has 280 valence electrons. The molecule has 0 atom stereocenters. The first kappa shape index (κ1) is 33.7.